The molecule has 1 saturated carbocycles. The van der Waals surface area contributed by atoms with Crippen molar-refractivity contribution < 1.29 is 14.4 Å². The summed E-state index contributed by atoms with van der Waals surface area (Å²) < 4.78 is 0. The highest BCUT2D eigenvalue weighted by molar-refractivity contribution is 5.88. The van der Waals surface area contributed by atoms with Gasteiger partial charge in [-0.05, 0) is 26.2 Å². The van der Waals surface area contributed by atoms with Crippen molar-refractivity contribution in [1.29, 1.82) is 0 Å². The van der Waals surface area contributed by atoms with Gasteiger partial charge in [-0.3, -0.25) is 9.59 Å². The lowest BCUT2D eigenvalue weighted by atomic mass is 9.96. The van der Waals surface area contributed by atoms with Crippen LogP contribution < -0.4 is 16.0 Å². The van der Waals surface area contributed by atoms with Gasteiger partial charge in [-0.2, -0.15) is 0 Å². The number of hydrogen-bond acceptors (Lipinski definition) is 3. The van der Waals surface area contributed by atoms with Crippen LogP contribution in [0.2, 0.25) is 0 Å². The Morgan fingerprint density at radius 2 is 2.00 bits per heavy atom. The van der Waals surface area contributed by atoms with Gasteiger partial charge < -0.3 is 20.9 Å². The first-order valence-corrected chi connectivity index (χ1v) is 8.69. The Balaban J connectivity index is 1.59. The average Bonchev–Trinajstić information content (AvgIpc) is 2.55. The molecule has 3 N–H and O–H groups in total. The predicted molar refractivity (Wildman–Crippen MR) is 86.8 cm³/mol. The van der Waals surface area contributed by atoms with Gasteiger partial charge in [-0.1, -0.05) is 19.3 Å². The molecule has 1 unspecified atom stereocenters. The van der Waals surface area contributed by atoms with Crippen LogP contribution in [0.5, 0.6) is 0 Å². The van der Waals surface area contributed by atoms with Gasteiger partial charge in [0.05, 0.1) is 0 Å². The minimum Gasteiger partial charge on any atom is -0.353 e. The van der Waals surface area contributed by atoms with Crippen LogP contribution in [0.3, 0.4) is 0 Å². The van der Waals surface area contributed by atoms with E-state index in [1.54, 1.807) is 11.8 Å². The Labute approximate surface area is 137 Å². The van der Waals surface area contributed by atoms with Gasteiger partial charge in [0.1, 0.15) is 6.04 Å². The van der Waals surface area contributed by atoms with Gasteiger partial charge in [0.25, 0.3) is 0 Å². The quantitative estimate of drug-likeness (QED) is 0.652. The molecule has 1 atom stereocenters. The van der Waals surface area contributed by atoms with Crippen molar-refractivity contribution in [2.75, 3.05) is 19.6 Å². The van der Waals surface area contributed by atoms with Crippen molar-refractivity contribution in [3.63, 3.8) is 0 Å². The summed E-state index contributed by atoms with van der Waals surface area (Å²) in [5.41, 5.74) is 0. The molecule has 1 heterocycles. The standard InChI is InChI=1S/C16H28N4O3/c1-12-15(22)17-10-11-20(12)14(21)8-5-9-18-16(23)19-13-6-3-2-4-7-13/h12-13H,2-11H2,1H3,(H,17,22)(H2,18,19,23). The largest absolute Gasteiger partial charge is 0.353 e. The summed E-state index contributed by atoms with van der Waals surface area (Å²) in [6.07, 6.45) is 6.67. The molecule has 1 saturated heterocycles. The van der Waals surface area contributed by atoms with E-state index in [2.05, 4.69) is 16.0 Å². The van der Waals surface area contributed by atoms with Gasteiger partial charge in [0.15, 0.2) is 0 Å². The van der Waals surface area contributed by atoms with Gasteiger partial charge in [0.2, 0.25) is 11.8 Å². The Hall–Kier alpha value is -1.79. The van der Waals surface area contributed by atoms with Crippen molar-refractivity contribution in [3.8, 4) is 0 Å². The summed E-state index contributed by atoms with van der Waals surface area (Å²) in [7, 11) is 0. The molecule has 1 aliphatic carbocycles. The van der Waals surface area contributed by atoms with Gasteiger partial charge in [-0.15, -0.1) is 0 Å². The number of carbonyl (C=O) groups excluding carboxylic acids is 3. The molecule has 0 bridgehead atoms. The zero-order valence-corrected chi connectivity index (χ0v) is 13.9. The predicted octanol–water partition coefficient (Wildman–Crippen LogP) is 0.745. The molecule has 2 aliphatic rings. The Bertz CT molecular complexity index is 435. The first kappa shape index (κ1) is 17.6. The van der Waals surface area contributed by atoms with Crippen molar-refractivity contribution in [1.82, 2.24) is 20.9 Å². The molecule has 2 fully saturated rings. The third-order valence-corrected chi connectivity index (χ3v) is 4.61. The molecule has 0 aromatic carbocycles. The van der Waals surface area contributed by atoms with E-state index in [1.165, 1.54) is 19.3 Å². The molecule has 0 radical (unpaired) electrons. The van der Waals surface area contributed by atoms with Gasteiger partial charge >= 0.3 is 6.03 Å². The van der Waals surface area contributed by atoms with Crippen LogP contribution in [-0.4, -0.2) is 54.5 Å². The van der Waals surface area contributed by atoms with E-state index in [0.717, 1.165) is 12.8 Å². The van der Waals surface area contributed by atoms with E-state index in [0.29, 0.717) is 32.5 Å². The van der Waals surface area contributed by atoms with E-state index in [9.17, 15) is 14.4 Å². The second kappa shape index (κ2) is 8.74. The second-order valence-corrected chi connectivity index (χ2v) is 6.39. The van der Waals surface area contributed by atoms with E-state index in [-0.39, 0.29) is 23.9 Å². The van der Waals surface area contributed by atoms with Crippen LogP contribution in [0, 0.1) is 0 Å². The normalized spacial score (nSPS) is 22.4. The minimum absolute atomic E-state index is 0.0261. The molecule has 7 heteroatoms. The van der Waals surface area contributed by atoms with Crippen LogP contribution in [0.1, 0.15) is 51.9 Å². The smallest absolute Gasteiger partial charge is 0.315 e. The van der Waals surface area contributed by atoms with Crippen LogP contribution in [0.4, 0.5) is 4.79 Å². The molecule has 0 aromatic heterocycles. The second-order valence-electron chi connectivity index (χ2n) is 6.39. The van der Waals surface area contributed by atoms with Gasteiger partial charge in [-0.25, -0.2) is 4.79 Å². The highest BCUT2D eigenvalue weighted by Crippen LogP contribution is 2.17. The summed E-state index contributed by atoms with van der Waals surface area (Å²) in [5, 5.41) is 8.53. The van der Waals surface area contributed by atoms with Crippen LogP contribution in [0.15, 0.2) is 0 Å². The fourth-order valence-corrected chi connectivity index (χ4v) is 3.19. The van der Waals surface area contributed by atoms with Crippen LogP contribution in [0.25, 0.3) is 0 Å². The summed E-state index contributed by atoms with van der Waals surface area (Å²) in [4.78, 5) is 37.1. The number of hydrogen-bond donors (Lipinski definition) is 3. The molecule has 2 rings (SSSR count). The van der Waals surface area contributed by atoms with Crippen molar-refractivity contribution in [3.05, 3.63) is 0 Å². The molecular formula is C16H28N4O3. The van der Waals surface area contributed by atoms with Crippen molar-refractivity contribution >= 4 is 17.8 Å². The number of nitrogens with zero attached hydrogens (tertiary/aromatic N) is 1. The average molecular weight is 324 g/mol. The number of urea groups is 1. The van der Waals surface area contributed by atoms with Crippen LogP contribution in [-0.2, 0) is 9.59 Å². The first-order valence-electron chi connectivity index (χ1n) is 8.69. The maximum atomic E-state index is 12.1. The topological polar surface area (TPSA) is 90.5 Å². The zero-order chi connectivity index (χ0) is 16.7. The molecule has 7 nitrogen and oxygen atoms in total. The fraction of sp³-hybridized carbons (Fsp3) is 0.812. The number of amides is 4. The van der Waals surface area contributed by atoms with Crippen LogP contribution >= 0.6 is 0 Å². The third-order valence-electron chi connectivity index (χ3n) is 4.61. The molecule has 0 aromatic rings. The third kappa shape index (κ3) is 5.41. The highest BCUT2D eigenvalue weighted by Gasteiger charge is 2.28. The summed E-state index contributed by atoms with van der Waals surface area (Å²) in [5.74, 6) is -0.128. The number of carbonyl (C=O) groups is 3. The fourth-order valence-electron chi connectivity index (χ4n) is 3.19. The van der Waals surface area contributed by atoms with E-state index in [4.69, 9.17) is 0 Å². The first-order chi connectivity index (χ1) is 11.1. The number of piperazine rings is 1. The molecule has 1 aliphatic heterocycles. The minimum atomic E-state index is -0.404. The molecule has 4 amide bonds. The monoisotopic (exact) mass is 324 g/mol. The van der Waals surface area contributed by atoms with E-state index < -0.39 is 6.04 Å². The lowest BCUT2D eigenvalue weighted by Gasteiger charge is -2.32. The maximum absolute atomic E-state index is 12.1. The summed E-state index contributed by atoms with van der Waals surface area (Å²) >= 11 is 0. The zero-order valence-electron chi connectivity index (χ0n) is 13.9. The Kier molecular flexibility index (Phi) is 6.67. The van der Waals surface area contributed by atoms with E-state index >= 15 is 0 Å². The van der Waals surface area contributed by atoms with E-state index in [1.807, 2.05) is 0 Å². The SMILES string of the molecule is CC1C(=O)NCCN1C(=O)CCCNC(=O)NC1CCCCC1. The Morgan fingerprint density at radius 1 is 1.26 bits per heavy atom. The summed E-state index contributed by atoms with van der Waals surface area (Å²) in [6.45, 7) is 3.28. The van der Waals surface area contributed by atoms with Crippen molar-refractivity contribution in [2.24, 2.45) is 0 Å². The maximum Gasteiger partial charge on any atom is 0.315 e. The molecule has 0 spiro atoms. The number of rotatable bonds is 5. The summed E-state index contributed by atoms with van der Waals surface area (Å²) in [6, 6.07) is -0.257. The lowest BCUT2D eigenvalue weighted by molar-refractivity contribution is -0.142. The Morgan fingerprint density at radius 3 is 2.74 bits per heavy atom. The molecular weight excluding hydrogens is 296 g/mol. The lowest BCUT2D eigenvalue weighted by Crippen LogP contribution is -2.55. The number of nitrogens with one attached hydrogen (secondary N) is 3. The molecule has 130 valence electrons. The molecule has 23 heavy (non-hydrogen) atoms. The van der Waals surface area contributed by atoms with Gasteiger partial charge in [0, 0.05) is 32.1 Å². The van der Waals surface area contributed by atoms with Crippen molar-refractivity contribution in [2.45, 2.75) is 64.0 Å². The highest BCUT2D eigenvalue weighted by atomic mass is 16.2.